The molecule has 14 aromatic rings. The van der Waals surface area contributed by atoms with Crippen molar-refractivity contribution >= 4 is 97.6 Å². The van der Waals surface area contributed by atoms with Gasteiger partial charge < -0.3 is 8.98 Å². The van der Waals surface area contributed by atoms with E-state index < -0.39 is 0 Å². The number of aromatic nitrogens is 1. The largest absolute Gasteiger partial charge is 0.456 e. The first-order valence-electron chi connectivity index (χ1n) is 22.1. The molecule has 0 fully saturated rings. The maximum atomic E-state index is 6.81. The zero-order valence-electron chi connectivity index (χ0n) is 34.7. The molecule has 0 amide bonds. The van der Waals surface area contributed by atoms with E-state index in [1.54, 1.807) is 0 Å². The van der Waals surface area contributed by atoms with Gasteiger partial charge in [0.1, 0.15) is 11.2 Å². The third kappa shape index (κ3) is 5.08. The molecule has 14 rings (SSSR count). The number of furan rings is 1. The third-order valence-corrected chi connectivity index (χ3v) is 13.7. The van der Waals surface area contributed by atoms with Gasteiger partial charge >= 0.3 is 0 Å². The van der Waals surface area contributed by atoms with Crippen LogP contribution in [0, 0.1) is 0 Å². The van der Waals surface area contributed by atoms with Crippen molar-refractivity contribution in [2.24, 2.45) is 0 Å². The fraction of sp³-hybridized carbons (Fsp3) is 0. The SMILES string of the molecule is c1ccc(-c2cc(-n3c4ccccc4c4cc(-c5ccc6c7ccccc7c7ccccc7c6c5)ccc43)cc3oc4ccccc4c23)c(-c2cc3ccccc3c3ccccc23)c1. The van der Waals surface area contributed by atoms with Crippen molar-refractivity contribution in [1.29, 1.82) is 0 Å². The predicted molar refractivity (Wildman–Crippen MR) is 272 cm³/mol. The summed E-state index contributed by atoms with van der Waals surface area (Å²) in [6.45, 7) is 0. The van der Waals surface area contributed by atoms with Gasteiger partial charge in [-0.05, 0) is 130 Å². The second-order valence-corrected chi connectivity index (χ2v) is 17.1. The lowest BCUT2D eigenvalue weighted by atomic mass is 9.87. The summed E-state index contributed by atoms with van der Waals surface area (Å²) in [5.41, 5.74) is 12.2. The number of fused-ring (bicyclic) bond motifs is 15. The van der Waals surface area contributed by atoms with Crippen molar-refractivity contribution in [1.82, 2.24) is 4.57 Å². The topological polar surface area (TPSA) is 18.1 Å². The second kappa shape index (κ2) is 13.5. The highest BCUT2D eigenvalue weighted by molar-refractivity contribution is 6.26. The van der Waals surface area contributed by atoms with Gasteiger partial charge in [0, 0.05) is 27.6 Å². The first kappa shape index (κ1) is 35.2. The molecule has 0 atom stereocenters. The highest BCUT2D eigenvalue weighted by atomic mass is 16.3. The predicted octanol–water partition coefficient (Wildman–Crippen LogP) is 17.5. The van der Waals surface area contributed by atoms with Crippen LogP contribution in [-0.2, 0) is 0 Å². The fourth-order valence-corrected chi connectivity index (χ4v) is 10.9. The van der Waals surface area contributed by atoms with Crippen LogP contribution in [0.4, 0.5) is 0 Å². The zero-order chi connectivity index (χ0) is 41.9. The Balaban J connectivity index is 1.01. The minimum absolute atomic E-state index is 0.866. The molecule has 0 N–H and O–H groups in total. The van der Waals surface area contributed by atoms with Crippen LogP contribution < -0.4 is 0 Å². The average molecular weight is 812 g/mol. The summed E-state index contributed by atoms with van der Waals surface area (Å²) in [6, 6.07) is 82.3. The summed E-state index contributed by atoms with van der Waals surface area (Å²) in [4.78, 5) is 0. The summed E-state index contributed by atoms with van der Waals surface area (Å²) in [5, 5.41) is 17.4. The molecule has 296 valence electrons. The van der Waals surface area contributed by atoms with E-state index in [9.17, 15) is 0 Å². The Bertz CT molecular complexity index is 4220. The molecule has 0 spiro atoms. The van der Waals surface area contributed by atoms with E-state index >= 15 is 0 Å². The minimum Gasteiger partial charge on any atom is -0.456 e. The Labute approximate surface area is 368 Å². The molecule has 2 aromatic heterocycles. The van der Waals surface area contributed by atoms with Crippen LogP contribution in [0.3, 0.4) is 0 Å². The lowest BCUT2D eigenvalue weighted by Gasteiger charge is -2.17. The van der Waals surface area contributed by atoms with E-state index in [0.717, 1.165) is 44.2 Å². The fourth-order valence-electron chi connectivity index (χ4n) is 10.9. The van der Waals surface area contributed by atoms with Gasteiger partial charge in [0.2, 0.25) is 0 Å². The number of benzene rings is 12. The van der Waals surface area contributed by atoms with E-state index in [0.29, 0.717) is 0 Å². The van der Waals surface area contributed by atoms with Crippen LogP contribution >= 0.6 is 0 Å². The van der Waals surface area contributed by atoms with Gasteiger partial charge in [-0.2, -0.15) is 0 Å². The molecular weight excluding hydrogens is 775 g/mol. The molecule has 0 saturated carbocycles. The Kier molecular flexibility index (Phi) is 7.43. The normalized spacial score (nSPS) is 12.1. The number of nitrogens with zero attached hydrogens (tertiary/aromatic N) is 1. The first-order chi connectivity index (χ1) is 31.7. The smallest absolute Gasteiger partial charge is 0.138 e. The highest BCUT2D eigenvalue weighted by Gasteiger charge is 2.22. The summed E-state index contributed by atoms with van der Waals surface area (Å²) >= 11 is 0. The van der Waals surface area contributed by atoms with Crippen molar-refractivity contribution in [2.75, 3.05) is 0 Å². The van der Waals surface area contributed by atoms with E-state index in [2.05, 4.69) is 229 Å². The molecule has 2 heterocycles. The van der Waals surface area contributed by atoms with Crippen molar-refractivity contribution in [3.8, 4) is 39.1 Å². The monoisotopic (exact) mass is 811 g/mol. The summed E-state index contributed by atoms with van der Waals surface area (Å²) in [6.07, 6.45) is 0. The molecule has 0 saturated heterocycles. The van der Waals surface area contributed by atoms with Crippen LogP contribution in [0.5, 0.6) is 0 Å². The lowest BCUT2D eigenvalue weighted by Crippen LogP contribution is -1.96. The maximum absolute atomic E-state index is 6.81. The van der Waals surface area contributed by atoms with E-state index in [-0.39, 0.29) is 0 Å². The Morgan fingerprint density at radius 3 is 1.50 bits per heavy atom. The van der Waals surface area contributed by atoms with Crippen LogP contribution in [0.15, 0.2) is 229 Å². The Hall–Kier alpha value is -8.46. The van der Waals surface area contributed by atoms with E-state index in [1.165, 1.54) is 92.5 Å². The Morgan fingerprint density at radius 2 is 0.766 bits per heavy atom. The highest BCUT2D eigenvalue weighted by Crippen LogP contribution is 2.46. The number of hydrogen-bond acceptors (Lipinski definition) is 1. The van der Waals surface area contributed by atoms with Gasteiger partial charge in [0.25, 0.3) is 0 Å². The molecule has 0 aliphatic heterocycles. The van der Waals surface area contributed by atoms with Gasteiger partial charge in [-0.15, -0.1) is 0 Å². The second-order valence-electron chi connectivity index (χ2n) is 17.1. The first-order valence-corrected chi connectivity index (χ1v) is 22.1. The number of hydrogen-bond donors (Lipinski definition) is 0. The van der Waals surface area contributed by atoms with Gasteiger partial charge in [-0.1, -0.05) is 176 Å². The average Bonchev–Trinajstić information content (AvgIpc) is 3.91. The molecular formula is C62H37NO. The summed E-state index contributed by atoms with van der Waals surface area (Å²) < 4.78 is 9.24. The molecule has 0 aliphatic rings. The van der Waals surface area contributed by atoms with Crippen LogP contribution in [0.1, 0.15) is 0 Å². The van der Waals surface area contributed by atoms with Crippen molar-refractivity contribution in [3.05, 3.63) is 224 Å². The molecule has 2 heteroatoms. The van der Waals surface area contributed by atoms with Gasteiger partial charge in [-0.3, -0.25) is 0 Å². The number of rotatable bonds is 4. The number of para-hydroxylation sites is 2. The summed E-state index contributed by atoms with van der Waals surface area (Å²) in [7, 11) is 0. The molecule has 64 heavy (non-hydrogen) atoms. The van der Waals surface area contributed by atoms with Crippen LogP contribution in [0.2, 0.25) is 0 Å². The van der Waals surface area contributed by atoms with Crippen molar-refractivity contribution in [3.63, 3.8) is 0 Å². The van der Waals surface area contributed by atoms with Crippen molar-refractivity contribution < 1.29 is 4.42 Å². The van der Waals surface area contributed by atoms with Gasteiger partial charge in [0.15, 0.2) is 0 Å². The van der Waals surface area contributed by atoms with Crippen molar-refractivity contribution in [2.45, 2.75) is 0 Å². The molecule has 12 aromatic carbocycles. The summed E-state index contributed by atoms with van der Waals surface area (Å²) in [5.74, 6) is 0. The molecule has 0 aliphatic carbocycles. The minimum atomic E-state index is 0.866. The lowest BCUT2D eigenvalue weighted by molar-refractivity contribution is 0.668. The molecule has 0 bridgehead atoms. The zero-order valence-corrected chi connectivity index (χ0v) is 34.7. The molecule has 0 radical (unpaired) electrons. The standard InChI is InChI=1S/C62H37NO/c1-2-16-42-40(15-1)35-55(47-21-7-3-17-43(42)47)49-23-9-10-24-50(49)57-36-41(37-61-62(57)53-26-12-14-28-60(53)64-61)63-58-27-13-11-25-52(58)56-34-39(30-32-59(56)63)38-29-31-51-46-20-5-4-18-44(46)45-19-6-8-22-48(45)54(51)33-38/h1-37H. The van der Waals surface area contributed by atoms with Gasteiger partial charge in [-0.25, -0.2) is 0 Å². The van der Waals surface area contributed by atoms with E-state index in [1.807, 2.05) is 0 Å². The van der Waals surface area contributed by atoms with Gasteiger partial charge in [0.05, 0.1) is 16.7 Å². The Morgan fingerprint density at radius 1 is 0.266 bits per heavy atom. The third-order valence-electron chi connectivity index (χ3n) is 13.7. The van der Waals surface area contributed by atoms with E-state index in [4.69, 9.17) is 4.42 Å². The maximum Gasteiger partial charge on any atom is 0.138 e. The van der Waals surface area contributed by atoms with Crippen LogP contribution in [0.25, 0.3) is 137 Å². The molecule has 0 unspecified atom stereocenters. The van der Waals surface area contributed by atoms with Crippen LogP contribution in [-0.4, -0.2) is 4.57 Å². The quantitative estimate of drug-likeness (QED) is 0.162. The molecule has 2 nitrogen and oxygen atoms in total.